The minimum Gasteiger partial charge on any atom is -0.370 e. The molecule has 1 saturated heterocycles. The Balaban J connectivity index is 2.24. The number of piperidine rings is 1. The SMILES string of the molecule is CC1CCCN(c2cc(Cl)ccc2Cl)C1. The molecule has 1 aliphatic rings. The second-order valence-electron chi connectivity index (χ2n) is 4.29. The molecule has 1 fully saturated rings. The number of hydrogen-bond donors (Lipinski definition) is 0. The monoisotopic (exact) mass is 243 g/mol. The molecule has 1 nitrogen and oxygen atoms in total. The summed E-state index contributed by atoms with van der Waals surface area (Å²) in [5.41, 5.74) is 1.08. The van der Waals surface area contributed by atoms with E-state index in [1.54, 1.807) is 0 Å². The van der Waals surface area contributed by atoms with Gasteiger partial charge in [-0.2, -0.15) is 0 Å². The van der Waals surface area contributed by atoms with Crippen LogP contribution < -0.4 is 4.90 Å². The van der Waals surface area contributed by atoms with Gasteiger partial charge in [0.1, 0.15) is 0 Å². The highest BCUT2D eigenvalue weighted by atomic mass is 35.5. The number of hydrogen-bond acceptors (Lipinski definition) is 1. The molecule has 1 aromatic rings. The Morgan fingerprint density at radius 1 is 1.33 bits per heavy atom. The van der Waals surface area contributed by atoms with Gasteiger partial charge in [-0.25, -0.2) is 0 Å². The molecule has 1 unspecified atom stereocenters. The van der Waals surface area contributed by atoms with Gasteiger partial charge in [0.15, 0.2) is 0 Å². The molecule has 15 heavy (non-hydrogen) atoms. The molecule has 2 rings (SSSR count). The maximum Gasteiger partial charge on any atom is 0.0640 e. The zero-order chi connectivity index (χ0) is 10.8. The molecule has 1 aromatic carbocycles. The van der Waals surface area contributed by atoms with Gasteiger partial charge < -0.3 is 4.90 Å². The third kappa shape index (κ3) is 2.59. The van der Waals surface area contributed by atoms with Crippen molar-refractivity contribution in [1.29, 1.82) is 0 Å². The van der Waals surface area contributed by atoms with E-state index in [1.165, 1.54) is 12.8 Å². The van der Waals surface area contributed by atoms with Gasteiger partial charge in [0.2, 0.25) is 0 Å². The van der Waals surface area contributed by atoms with Crippen molar-refractivity contribution in [3.8, 4) is 0 Å². The quantitative estimate of drug-likeness (QED) is 0.714. The standard InChI is InChI=1S/C12H15Cl2N/c1-9-3-2-6-15(8-9)12-7-10(13)4-5-11(12)14/h4-5,7,9H,2-3,6,8H2,1H3. The molecule has 0 N–H and O–H groups in total. The highest BCUT2D eigenvalue weighted by Gasteiger charge is 2.18. The molecule has 0 aromatic heterocycles. The Labute approximate surface area is 101 Å². The summed E-state index contributed by atoms with van der Waals surface area (Å²) in [5.74, 6) is 0.744. The van der Waals surface area contributed by atoms with Gasteiger partial charge in [0, 0.05) is 18.1 Å². The van der Waals surface area contributed by atoms with E-state index in [4.69, 9.17) is 23.2 Å². The zero-order valence-electron chi connectivity index (χ0n) is 8.84. The summed E-state index contributed by atoms with van der Waals surface area (Å²) in [6, 6.07) is 5.67. The minimum absolute atomic E-state index is 0.744. The normalized spacial score (nSPS) is 21.8. The maximum atomic E-state index is 6.18. The molecule has 0 saturated carbocycles. The summed E-state index contributed by atoms with van der Waals surface area (Å²) >= 11 is 12.2. The number of benzene rings is 1. The Bertz CT molecular complexity index is 351. The van der Waals surface area contributed by atoms with Gasteiger partial charge in [-0.1, -0.05) is 30.1 Å². The second kappa shape index (κ2) is 4.63. The third-order valence-corrected chi connectivity index (χ3v) is 3.46. The summed E-state index contributed by atoms with van der Waals surface area (Å²) in [7, 11) is 0. The summed E-state index contributed by atoms with van der Waals surface area (Å²) in [4.78, 5) is 2.34. The summed E-state index contributed by atoms with van der Waals surface area (Å²) in [6.07, 6.45) is 2.55. The van der Waals surface area contributed by atoms with Gasteiger partial charge in [0.25, 0.3) is 0 Å². The summed E-state index contributed by atoms with van der Waals surface area (Å²) in [5, 5.41) is 1.56. The largest absolute Gasteiger partial charge is 0.370 e. The van der Waals surface area contributed by atoms with Crippen molar-refractivity contribution in [3.63, 3.8) is 0 Å². The van der Waals surface area contributed by atoms with E-state index in [2.05, 4.69) is 11.8 Å². The molecule has 1 atom stereocenters. The highest BCUT2D eigenvalue weighted by Crippen LogP contribution is 2.31. The van der Waals surface area contributed by atoms with Crippen LogP contribution in [0.2, 0.25) is 10.0 Å². The van der Waals surface area contributed by atoms with E-state index in [9.17, 15) is 0 Å². The average Bonchev–Trinajstić information content (AvgIpc) is 2.22. The fourth-order valence-corrected chi connectivity index (χ4v) is 2.54. The maximum absolute atomic E-state index is 6.18. The molecule has 82 valence electrons. The predicted molar refractivity (Wildman–Crippen MR) is 67.1 cm³/mol. The Kier molecular flexibility index (Phi) is 3.42. The predicted octanol–water partition coefficient (Wildman–Crippen LogP) is 4.23. The van der Waals surface area contributed by atoms with Crippen molar-refractivity contribution in [2.45, 2.75) is 19.8 Å². The van der Waals surface area contributed by atoms with Gasteiger partial charge in [-0.15, -0.1) is 0 Å². The average molecular weight is 244 g/mol. The van der Waals surface area contributed by atoms with Crippen molar-refractivity contribution in [3.05, 3.63) is 28.2 Å². The molecular weight excluding hydrogens is 229 g/mol. The molecule has 0 spiro atoms. The molecule has 3 heteroatoms. The van der Waals surface area contributed by atoms with E-state index in [0.717, 1.165) is 34.7 Å². The first-order chi connectivity index (χ1) is 7.16. The topological polar surface area (TPSA) is 3.24 Å². The Hall–Kier alpha value is -0.400. The molecular formula is C12H15Cl2N. The van der Waals surface area contributed by atoms with Crippen LogP contribution in [-0.2, 0) is 0 Å². The van der Waals surface area contributed by atoms with Crippen molar-refractivity contribution >= 4 is 28.9 Å². The van der Waals surface area contributed by atoms with E-state index < -0.39 is 0 Å². The third-order valence-electron chi connectivity index (χ3n) is 2.91. The van der Waals surface area contributed by atoms with Crippen molar-refractivity contribution in [2.24, 2.45) is 5.92 Å². The fraction of sp³-hybridized carbons (Fsp3) is 0.500. The first kappa shape index (κ1) is 11.1. The van der Waals surface area contributed by atoms with Crippen LogP contribution in [0.25, 0.3) is 0 Å². The lowest BCUT2D eigenvalue weighted by Crippen LogP contribution is -2.34. The van der Waals surface area contributed by atoms with Gasteiger partial charge in [-0.05, 0) is 37.0 Å². The first-order valence-corrected chi connectivity index (χ1v) is 6.12. The van der Waals surface area contributed by atoms with Crippen molar-refractivity contribution in [2.75, 3.05) is 18.0 Å². The number of anilines is 1. The smallest absolute Gasteiger partial charge is 0.0640 e. The number of rotatable bonds is 1. The van der Waals surface area contributed by atoms with E-state index in [-0.39, 0.29) is 0 Å². The van der Waals surface area contributed by atoms with Crippen LogP contribution in [0.5, 0.6) is 0 Å². The fourth-order valence-electron chi connectivity index (χ4n) is 2.14. The second-order valence-corrected chi connectivity index (χ2v) is 5.13. The van der Waals surface area contributed by atoms with Crippen LogP contribution in [0.1, 0.15) is 19.8 Å². The number of nitrogens with zero attached hydrogens (tertiary/aromatic N) is 1. The highest BCUT2D eigenvalue weighted by molar-refractivity contribution is 6.35. The van der Waals surface area contributed by atoms with E-state index in [0.29, 0.717) is 0 Å². The van der Waals surface area contributed by atoms with Crippen LogP contribution in [-0.4, -0.2) is 13.1 Å². The van der Waals surface area contributed by atoms with Gasteiger partial charge in [-0.3, -0.25) is 0 Å². The van der Waals surface area contributed by atoms with Crippen molar-refractivity contribution < 1.29 is 0 Å². The number of halogens is 2. The summed E-state index contributed by atoms with van der Waals surface area (Å²) in [6.45, 7) is 4.45. The first-order valence-electron chi connectivity index (χ1n) is 5.37. The lowest BCUT2D eigenvalue weighted by molar-refractivity contribution is 0.447. The molecule has 0 amide bonds. The minimum atomic E-state index is 0.744. The van der Waals surface area contributed by atoms with Gasteiger partial charge >= 0.3 is 0 Å². The summed E-state index contributed by atoms with van der Waals surface area (Å²) < 4.78 is 0. The molecule has 0 aliphatic carbocycles. The van der Waals surface area contributed by atoms with Crippen LogP contribution in [0.3, 0.4) is 0 Å². The molecule has 0 radical (unpaired) electrons. The lowest BCUT2D eigenvalue weighted by Gasteiger charge is -2.33. The lowest BCUT2D eigenvalue weighted by atomic mass is 10.00. The van der Waals surface area contributed by atoms with E-state index >= 15 is 0 Å². The van der Waals surface area contributed by atoms with Gasteiger partial charge in [0.05, 0.1) is 10.7 Å². The van der Waals surface area contributed by atoms with Crippen LogP contribution in [0.4, 0.5) is 5.69 Å². The molecule has 1 heterocycles. The van der Waals surface area contributed by atoms with Crippen LogP contribution in [0.15, 0.2) is 18.2 Å². The zero-order valence-corrected chi connectivity index (χ0v) is 10.4. The van der Waals surface area contributed by atoms with Crippen LogP contribution >= 0.6 is 23.2 Å². The molecule has 0 bridgehead atoms. The van der Waals surface area contributed by atoms with Crippen molar-refractivity contribution in [1.82, 2.24) is 0 Å². The molecule has 1 aliphatic heterocycles. The van der Waals surface area contributed by atoms with Crippen LogP contribution in [0, 0.1) is 5.92 Å². The van der Waals surface area contributed by atoms with E-state index in [1.807, 2.05) is 18.2 Å². The Morgan fingerprint density at radius 2 is 2.13 bits per heavy atom. The Morgan fingerprint density at radius 3 is 2.87 bits per heavy atom.